The molecule has 0 aliphatic heterocycles. The lowest BCUT2D eigenvalue weighted by Crippen LogP contribution is -2.26. The van der Waals surface area contributed by atoms with Crippen LogP contribution in [-0.2, 0) is 8.85 Å². The van der Waals surface area contributed by atoms with E-state index in [1.54, 1.807) is 0 Å². The van der Waals surface area contributed by atoms with Gasteiger partial charge in [-0.15, -0.1) is 0 Å². The summed E-state index contributed by atoms with van der Waals surface area (Å²) in [6, 6.07) is 1.08. The molecule has 0 radical (unpaired) electrons. The van der Waals surface area contributed by atoms with E-state index < -0.39 is 12.4 Å². The Hall–Kier alpha value is 0.274. The van der Waals surface area contributed by atoms with Crippen molar-refractivity contribution in [1.29, 1.82) is 0 Å². The quantitative estimate of drug-likeness (QED) is 0.287. The van der Waals surface area contributed by atoms with E-state index >= 15 is 0 Å². The van der Waals surface area contributed by atoms with Crippen LogP contribution in [0, 0.1) is 0 Å². The van der Waals surface area contributed by atoms with Gasteiger partial charge in [0.25, 0.3) is 0 Å². The highest BCUT2D eigenvalue weighted by Gasteiger charge is 2.09. The molecule has 74 valence electrons. The van der Waals surface area contributed by atoms with Crippen LogP contribution in [0.3, 0.4) is 0 Å². The van der Waals surface area contributed by atoms with Gasteiger partial charge in [0, 0.05) is 6.61 Å². The maximum absolute atomic E-state index is 9.00. The molecule has 0 heterocycles. The third kappa shape index (κ3) is 6.95. The summed E-state index contributed by atoms with van der Waals surface area (Å²) in [4.78, 5) is 0. The van der Waals surface area contributed by atoms with Gasteiger partial charge in [-0.2, -0.15) is 0 Å². The SMILES string of the molecule is CC(O)C(O)OCCC[SiH2]O[SiH3]. The van der Waals surface area contributed by atoms with Crippen LogP contribution >= 0.6 is 0 Å². The summed E-state index contributed by atoms with van der Waals surface area (Å²) in [5, 5.41) is 17.8. The average molecular weight is 210 g/mol. The second-order valence-corrected chi connectivity index (χ2v) is 6.13. The van der Waals surface area contributed by atoms with Crippen LogP contribution in [0.2, 0.25) is 6.04 Å². The molecule has 0 saturated heterocycles. The number of aliphatic hydroxyl groups is 2. The van der Waals surface area contributed by atoms with Crippen molar-refractivity contribution in [1.82, 2.24) is 0 Å². The van der Waals surface area contributed by atoms with Crippen LogP contribution in [-0.4, -0.2) is 49.5 Å². The van der Waals surface area contributed by atoms with Gasteiger partial charge in [-0.1, -0.05) is 0 Å². The second-order valence-electron chi connectivity index (χ2n) is 2.70. The zero-order chi connectivity index (χ0) is 9.40. The summed E-state index contributed by atoms with van der Waals surface area (Å²) < 4.78 is 10.0. The predicted octanol–water partition coefficient (Wildman–Crippen LogP) is -2.11. The molecule has 2 N–H and O–H groups in total. The largest absolute Gasteiger partial charge is 0.468 e. The minimum atomic E-state index is -1.04. The molecule has 0 aliphatic rings. The fourth-order valence-electron chi connectivity index (χ4n) is 0.692. The molecule has 0 aromatic carbocycles. The number of aliphatic hydroxyl groups excluding tert-OH is 2. The third-order valence-corrected chi connectivity index (χ3v) is 3.87. The van der Waals surface area contributed by atoms with Gasteiger partial charge in [0.2, 0.25) is 0 Å². The first kappa shape index (κ1) is 12.3. The summed E-state index contributed by atoms with van der Waals surface area (Å²) in [7, 11) is 0.528. The molecule has 0 spiro atoms. The molecule has 12 heavy (non-hydrogen) atoms. The van der Waals surface area contributed by atoms with Gasteiger partial charge in [-0.3, -0.25) is 0 Å². The van der Waals surface area contributed by atoms with Gasteiger partial charge in [0.15, 0.2) is 6.29 Å². The molecular weight excluding hydrogens is 192 g/mol. The number of ether oxygens (including phenoxy) is 1. The third-order valence-electron chi connectivity index (χ3n) is 1.44. The van der Waals surface area contributed by atoms with E-state index in [1.807, 2.05) is 0 Å². The average Bonchev–Trinajstić information content (AvgIpc) is 2.03. The smallest absolute Gasteiger partial charge is 0.180 e. The Labute approximate surface area is 78.4 Å². The first-order valence-corrected chi connectivity index (χ1v) is 6.54. The highest BCUT2D eigenvalue weighted by atomic mass is 28.3. The Morgan fingerprint density at radius 1 is 1.50 bits per heavy atom. The predicted molar refractivity (Wildman–Crippen MR) is 52.6 cm³/mol. The Balaban J connectivity index is 3.08. The van der Waals surface area contributed by atoms with Crippen LogP contribution in [0.25, 0.3) is 0 Å². The topological polar surface area (TPSA) is 58.9 Å². The van der Waals surface area contributed by atoms with Crippen molar-refractivity contribution >= 4 is 20.2 Å². The summed E-state index contributed by atoms with van der Waals surface area (Å²) in [6.45, 7) is 2.00. The van der Waals surface area contributed by atoms with Crippen molar-refractivity contribution in [2.45, 2.75) is 31.8 Å². The maximum Gasteiger partial charge on any atom is 0.180 e. The minimum absolute atomic E-state index is 0.305. The van der Waals surface area contributed by atoms with Gasteiger partial charge in [0.1, 0.15) is 26.4 Å². The summed E-state index contributed by atoms with van der Waals surface area (Å²) >= 11 is 0. The van der Waals surface area contributed by atoms with Crippen LogP contribution in [0.15, 0.2) is 0 Å². The monoisotopic (exact) mass is 210 g/mol. The molecule has 0 aliphatic carbocycles. The Kier molecular flexibility index (Phi) is 8.08. The van der Waals surface area contributed by atoms with Crippen LogP contribution in [0.5, 0.6) is 0 Å². The first-order valence-electron chi connectivity index (χ1n) is 4.15. The number of hydrogen-bond acceptors (Lipinski definition) is 4. The van der Waals surface area contributed by atoms with Crippen LogP contribution < -0.4 is 0 Å². The maximum atomic E-state index is 9.00. The zero-order valence-corrected chi connectivity index (χ0v) is 11.1. The van der Waals surface area contributed by atoms with Crippen LogP contribution in [0.1, 0.15) is 13.3 Å². The van der Waals surface area contributed by atoms with Gasteiger partial charge in [-0.25, -0.2) is 0 Å². The lowest BCUT2D eigenvalue weighted by molar-refractivity contribution is -0.155. The van der Waals surface area contributed by atoms with Crippen molar-refractivity contribution in [2.75, 3.05) is 6.61 Å². The van der Waals surface area contributed by atoms with E-state index in [1.165, 1.54) is 6.92 Å². The molecule has 0 aromatic rings. The van der Waals surface area contributed by atoms with Crippen molar-refractivity contribution in [3.05, 3.63) is 0 Å². The highest BCUT2D eigenvalue weighted by Crippen LogP contribution is 1.97. The lowest BCUT2D eigenvalue weighted by Gasteiger charge is -2.13. The van der Waals surface area contributed by atoms with E-state index in [0.29, 0.717) is 6.61 Å². The van der Waals surface area contributed by atoms with Crippen molar-refractivity contribution in [2.24, 2.45) is 0 Å². The molecule has 0 aromatic heterocycles. The van der Waals surface area contributed by atoms with Crippen LogP contribution in [0.4, 0.5) is 0 Å². The molecule has 0 fully saturated rings. The van der Waals surface area contributed by atoms with Gasteiger partial charge in [0.05, 0.1) is 0 Å². The van der Waals surface area contributed by atoms with Gasteiger partial charge < -0.3 is 19.1 Å². The molecule has 2 unspecified atom stereocenters. The minimum Gasteiger partial charge on any atom is -0.468 e. The second kappa shape index (κ2) is 7.90. The zero-order valence-electron chi connectivity index (χ0n) is 7.69. The van der Waals surface area contributed by atoms with Gasteiger partial charge >= 0.3 is 0 Å². The Morgan fingerprint density at radius 3 is 2.67 bits per heavy atom. The number of rotatable bonds is 7. The standard InChI is InChI=1S/C6H18O4Si2/c1-5(7)6(8)9-3-2-4-12-10-11/h5-8H,2-4,12H2,1,11H3. The molecule has 4 nitrogen and oxygen atoms in total. The van der Waals surface area contributed by atoms with E-state index in [9.17, 15) is 0 Å². The molecule has 6 heteroatoms. The summed E-state index contributed by atoms with van der Waals surface area (Å²) in [5.41, 5.74) is 0. The molecule has 0 amide bonds. The molecule has 2 atom stereocenters. The summed E-state index contributed by atoms with van der Waals surface area (Å²) in [6.07, 6.45) is -0.932. The van der Waals surface area contributed by atoms with Crippen molar-refractivity contribution < 1.29 is 19.1 Å². The molecule has 0 saturated carbocycles. The molecule has 0 rings (SSSR count). The van der Waals surface area contributed by atoms with E-state index in [0.717, 1.165) is 23.0 Å². The normalized spacial score (nSPS) is 17.2. The molecule has 0 bridgehead atoms. The van der Waals surface area contributed by atoms with Crippen molar-refractivity contribution in [3.63, 3.8) is 0 Å². The fourth-order valence-corrected chi connectivity index (χ4v) is 2.25. The summed E-state index contributed by atoms with van der Waals surface area (Å²) in [5.74, 6) is 0. The fraction of sp³-hybridized carbons (Fsp3) is 1.00. The first-order chi connectivity index (χ1) is 5.68. The van der Waals surface area contributed by atoms with Gasteiger partial charge in [-0.05, 0) is 19.4 Å². The van der Waals surface area contributed by atoms with Crippen molar-refractivity contribution in [3.8, 4) is 0 Å². The lowest BCUT2D eigenvalue weighted by atomic mass is 10.4. The number of hydrogen-bond donors (Lipinski definition) is 2. The van der Waals surface area contributed by atoms with E-state index in [2.05, 4.69) is 0 Å². The molecular formula is C6H18O4Si2. The Bertz CT molecular complexity index is 102. The highest BCUT2D eigenvalue weighted by molar-refractivity contribution is 6.34. The Morgan fingerprint density at radius 2 is 2.17 bits per heavy atom. The van der Waals surface area contributed by atoms with E-state index in [4.69, 9.17) is 19.1 Å². The van der Waals surface area contributed by atoms with E-state index in [-0.39, 0.29) is 9.76 Å².